The van der Waals surface area contributed by atoms with E-state index in [4.69, 9.17) is 4.74 Å². The Morgan fingerprint density at radius 3 is 2.86 bits per heavy atom. The molecule has 0 radical (unpaired) electrons. The fourth-order valence-corrected chi connectivity index (χ4v) is 3.39. The van der Waals surface area contributed by atoms with Crippen LogP contribution in [0.15, 0.2) is 48.5 Å². The number of hydrogen-bond acceptors (Lipinski definition) is 4. The molecule has 0 unspecified atom stereocenters. The van der Waals surface area contributed by atoms with Gasteiger partial charge in [0.05, 0.1) is 17.6 Å². The summed E-state index contributed by atoms with van der Waals surface area (Å²) in [6.07, 6.45) is 1.45. The van der Waals surface area contributed by atoms with Gasteiger partial charge in [-0.15, -0.1) is 0 Å². The highest BCUT2D eigenvalue weighted by Crippen LogP contribution is 2.25. The van der Waals surface area contributed by atoms with Gasteiger partial charge in [0.2, 0.25) is 5.91 Å². The third-order valence-corrected chi connectivity index (χ3v) is 4.90. The SMILES string of the molecule is Cn1c(CNC(=O)COc2cccc(N3CCCC3=O)c2)nc2ccccc21. The molecule has 7 nitrogen and oxygen atoms in total. The van der Waals surface area contributed by atoms with Gasteiger partial charge in [-0.05, 0) is 30.7 Å². The molecule has 1 saturated heterocycles. The molecule has 28 heavy (non-hydrogen) atoms. The van der Waals surface area contributed by atoms with Gasteiger partial charge in [0.1, 0.15) is 11.6 Å². The number of aromatic nitrogens is 2. The molecule has 144 valence electrons. The number of amides is 2. The number of nitrogens with zero attached hydrogens (tertiary/aromatic N) is 3. The minimum atomic E-state index is -0.227. The Kier molecular flexibility index (Phi) is 4.97. The first-order valence-corrected chi connectivity index (χ1v) is 9.32. The monoisotopic (exact) mass is 378 g/mol. The average Bonchev–Trinajstić information content (AvgIpc) is 3.28. The van der Waals surface area contributed by atoms with Gasteiger partial charge >= 0.3 is 0 Å². The fourth-order valence-electron chi connectivity index (χ4n) is 3.39. The van der Waals surface area contributed by atoms with E-state index >= 15 is 0 Å². The van der Waals surface area contributed by atoms with Crippen molar-refractivity contribution in [3.63, 3.8) is 0 Å². The number of anilines is 1. The van der Waals surface area contributed by atoms with Crippen LogP contribution >= 0.6 is 0 Å². The van der Waals surface area contributed by atoms with Crippen LogP contribution < -0.4 is 15.0 Å². The summed E-state index contributed by atoms with van der Waals surface area (Å²) in [4.78, 5) is 30.3. The summed E-state index contributed by atoms with van der Waals surface area (Å²) in [6, 6.07) is 15.1. The number of benzene rings is 2. The van der Waals surface area contributed by atoms with E-state index in [2.05, 4.69) is 10.3 Å². The Balaban J connectivity index is 1.33. The lowest BCUT2D eigenvalue weighted by atomic mass is 10.3. The lowest BCUT2D eigenvalue weighted by Gasteiger charge is -2.16. The van der Waals surface area contributed by atoms with E-state index in [-0.39, 0.29) is 18.4 Å². The number of fused-ring (bicyclic) bond motifs is 1. The van der Waals surface area contributed by atoms with Crippen molar-refractivity contribution in [3.8, 4) is 5.75 Å². The second kappa shape index (κ2) is 7.72. The van der Waals surface area contributed by atoms with Gasteiger partial charge in [0.25, 0.3) is 5.91 Å². The van der Waals surface area contributed by atoms with Crippen molar-refractivity contribution in [2.75, 3.05) is 18.1 Å². The van der Waals surface area contributed by atoms with E-state index < -0.39 is 0 Å². The molecule has 3 aromatic rings. The molecule has 0 spiro atoms. The topological polar surface area (TPSA) is 76.5 Å². The number of rotatable bonds is 6. The summed E-state index contributed by atoms with van der Waals surface area (Å²) >= 11 is 0. The molecule has 1 aromatic heterocycles. The number of carbonyl (C=O) groups excluding carboxylic acids is 2. The number of imidazole rings is 1. The first kappa shape index (κ1) is 18.0. The summed E-state index contributed by atoms with van der Waals surface area (Å²) in [6.45, 7) is 0.956. The summed E-state index contributed by atoms with van der Waals surface area (Å²) in [5.41, 5.74) is 2.73. The Hall–Kier alpha value is -3.35. The predicted octanol–water partition coefficient (Wildman–Crippen LogP) is 2.40. The zero-order valence-corrected chi connectivity index (χ0v) is 15.7. The maximum Gasteiger partial charge on any atom is 0.258 e. The minimum Gasteiger partial charge on any atom is -0.484 e. The van der Waals surface area contributed by atoms with Gasteiger partial charge in [0, 0.05) is 31.8 Å². The van der Waals surface area contributed by atoms with Gasteiger partial charge in [-0.2, -0.15) is 0 Å². The fraction of sp³-hybridized carbons (Fsp3) is 0.286. The minimum absolute atomic E-state index is 0.0959. The van der Waals surface area contributed by atoms with Gasteiger partial charge in [-0.1, -0.05) is 18.2 Å². The maximum absolute atomic E-state index is 12.2. The van der Waals surface area contributed by atoms with Crippen molar-refractivity contribution in [1.82, 2.24) is 14.9 Å². The molecular weight excluding hydrogens is 356 g/mol. The summed E-state index contributed by atoms with van der Waals surface area (Å²) in [7, 11) is 1.93. The van der Waals surface area contributed by atoms with Crippen molar-refractivity contribution in [1.29, 1.82) is 0 Å². The van der Waals surface area contributed by atoms with E-state index in [1.165, 1.54) is 0 Å². The van der Waals surface area contributed by atoms with Crippen LogP contribution in [0, 0.1) is 0 Å². The van der Waals surface area contributed by atoms with Crippen molar-refractivity contribution in [2.24, 2.45) is 7.05 Å². The Morgan fingerprint density at radius 1 is 1.21 bits per heavy atom. The van der Waals surface area contributed by atoms with E-state index in [0.29, 0.717) is 18.7 Å². The van der Waals surface area contributed by atoms with Crippen LogP contribution in [0.2, 0.25) is 0 Å². The predicted molar refractivity (Wildman–Crippen MR) is 106 cm³/mol. The molecule has 4 rings (SSSR count). The third-order valence-electron chi connectivity index (χ3n) is 4.90. The van der Waals surface area contributed by atoms with E-state index in [9.17, 15) is 9.59 Å². The van der Waals surface area contributed by atoms with Crippen molar-refractivity contribution < 1.29 is 14.3 Å². The molecular formula is C21H22N4O3. The second-order valence-electron chi connectivity index (χ2n) is 6.79. The summed E-state index contributed by atoms with van der Waals surface area (Å²) < 4.78 is 7.57. The molecule has 1 aliphatic rings. The highest BCUT2D eigenvalue weighted by atomic mass is 16.5. The smallest absolute Gasteiger partial charge is 0.258 e. The lowest BCUT2D eigenvalue weighted by molar-refractivity contribution is -0.123. The van der Waals surface area contributed by atoms with Crippen molar-refractivity contribution in [3.05, 3.63) is 54.4 Å². The van der Waals surface area contributed by atoms with Crippen LogP contribution in [-0.2, 0) is 23.2 Å². The quantitative estimate of drug-likeness (QED) is 0.715. The molecule has 2 aromatic carbocycles. The lowest BCUT2D eigenvalue weighted by Crippen LogP contribution is -2.29. The van der Waals surface area contributed by atoms with E-state index in [1.807, 2.05) is 48.0 Å². The van der Waals surface area contributed by atoms with Crippen molar-refractivity contribution in [2.45, 2.75) is 19.4 Å². The summed E-state index contributed by atoms with van der Waals surface area (Å²) in [5.74, 6) is 1.24. The first-order chi connectivity index (χ1) is 13.6. The van der Waals surface area contributed by atoms with Crippen LogP contribution in [0.4, 0.5) is 5.69 Å². The second-order valence-corrected chi connectivity index (χ2v) is 6.79. The van der Waals surface area contributed by atoms with Gasteiger partial charge in [-0.25, -0.2) is 4.98 Å². The molecule has 0 aliphatic carbocycles. The Bertz CT molecular complexity index is 1030. The molecule has 1 fully saturated rings. The maximum atomic E-state index is 12.2. The molecule has 0 saturated carbocycles. The van der Waals surface area contributed by atoms with Crippen LogP contribution in [0.3, 0.4) is 0 Å². The van der Waals surface area contributed by atoms with Gasteiger partial charge < -0.3 is 19.5 Å². The molecule has 0 bridgehead atoms. The van der Waals surface area contributed by atoms with Crippen LogP contribution in [-0.4, -0.2) is 34.5 Å². The number of para-hydroxylation sites is 2. The van der Waals surface area contributed by atoms with Crippen molar-refractivity contribution >= 4 is 28.5 Å². The molecule has 0 atom stereocenters. The van der Waals surface area contributed by atoms with Crippen LogP contribution in [0.5, 0.6) is 5.75 Å². The van der Waals surface area contributed by atoms with Gasteiger partial charge in [-0.3, -0.25) is 9.59 Å². The van der Waals surface area contributed by atoms with E-state index in [0.717, 1.165) is 35.5 Å². The highest BCUT2D eigenvalue weighted by Gasteiger charge is 2.21. The number of hydrogen-bond donors (Lipinski definition) is 1. The zero-order chi connectivity index (χ0) is 19.5. The van der Waals surface area contributed by atoms with E-state index in [1.54, 1.807) is 17.0 Å². The average molecular weight is 378 g/mol. The molecule has 2 heterocycles. The Morgan fingerprint density at radius 2 is 2.07 bits per heavy atom. The number of ether oxygens (including phenoxy) is 1. The highest BCUT2D eigenvalue weighted by molar-refractivity contribution is 5.95. The molecule has 2 amide bonds. The molecule has 7 heteroatoms. The Labute approximate surface area is 162 Å². The number of aryl methyl sites for hydroxylation is 1. The standard InChI is InChI=1S/C21H22N4O3/c1-24-18-9-3-2-8-17(18)23-19(24)13-22-20(26)14-28-16-7-4-6-15(12-16)25-11-5-10-21(25)27/h2-4,6-9,12H,5,10-11,13-14H2,1H3,(H,22,26). The van der Waals surface area contributed by atoms with Gasteiger partial charge in [0.15, 0.2) is 6.61 Å². The summed E-state index contributed by atoms with van der Waals surface area (Å²) in [5, 5.41) is 2.84. The number of nitrogens with one attached hydrogen (secondary N) is 1. The molecule has 1 N–H and O–H groups in total. The normalized spacial score (nSPS) is 13.9. The third kappa shape index (κ3) is 3.69. The first-order valence-electron chi connectivity index (χ1n) is 9.32. The largest absolute Gasteiger partial charge is 0.484 e. The van der Waals surface area contributed by atoms with Crippen LogP contribution in [0.25, 0.3) is 11.0 Å². The number of carbonyl (C=O) groups is 2. The molecule has 1 aliphatic heterocycles. The van der Waals surface area contributed by atoms with Crippen LogP contribution in [0.1, 0.15) is 18.7 Å². The zero-order valence-electron chi connectivity index (χ0n) is 15.7.